The van der Waals surface area contributed by atoms with Gasteiger partial charge in [-0.15, -0.1) is 0 Å². The van der Waals surface area contributed by atoms with Crippen LogP contribution >= 0.6 is 11.6 Å². The monoisotopic (exact) mass is 307 g/mol. The number of methoxy groups -OCH3 is 1. The normalized spacial score (nSPS) is 14.2. The highest BCUT2D eigenvalue weighted by Gasteiger charge is 2.27. The van der Waals surface area contributed by atoms with Crippen LogP contribution in [0.2, 0.25) is 5.02 Å². The molecule has 0 spiro atoms. The van der Waals surface area contributed by atoms with Crippen molar-refractivity contribution in [1.82, 2.24) is 9.97 Å². The van der Waals surface area contributed by atoms with E-state index in [1.807, 2.05) is 0 Å². The first-order chi connectivity index (χ1) is 10.2. The van der Waals surface area contributed by atoms with Crippen LogP contribution < -0.4 is 5.32 Å². The first-order valence-electron chi connectivity index (χ1n) is 6.74. The highest BCUT2D eigenvalue weighted by Crippen LogP contribution is 2.38. The highest BCUT2D eigenvalue weighted by molar-refractivity contribution is 6.31. The molecule has 1 aromatic heterocycles. The van der Waals surface area contributed by atoms with Crippen molar-refractivity contribution in [3.05, 3.63) is 46.8 Å². The predicted molar refractivity (Wildman–Crippen MR) is 79.4 cm³/mol. The number of nitrogens with one attached hydrogen (secondary N) is 1. The second-order valence-electron chi connectivity index (χ2n) is 5.05. The fourth-order valence-electron chi connectivity index (χ4n) is 2.05. The van der Waals surface area contributed by atoms with Gasteiger partial charge in [0, 0.05) is 18.7 Å². The van der Waals surface area contributed by atoms with Crippen molar-refractivity contribution in [2.24, 2.45) is 0 Å². The Morgan fingerprint density at radius 2 is 2.24 bits per heavy atom. The van der Waals surface area contributed by atoms with E-state index in [9.17, 15) is 4.39 Å². The molecular weight excluding hydrogens is 293 g/mol. The lowest BCUT2D eigenvalue weighted by molar-refractivity contribution is 0.181. The number of benzene rings is 1. The molecule has 1 aliphatic rings. The molecule has 6 heteroatoms. The Labute approximate surface area is 127 Å². The number of hydrogen-bond acceptors (Lipinski definition) is 4. The van der Waals surface area contributed by atoms with Crippen LogP contribution in [-0.4, -0.2) is 17.1 Å². The van der Waals surface area contributed by atoms with E-state index in [2.05, 4.69) is 15.3 Å². The van der Waals surface area contributed by atoms with Crippen LogP contribution in [0.5, 0.6) is 0 Å². The molecule has 1 fully saturated rings. The summed E-state index contributed by atoms with van der Waals surface area (Å²) < 4.78 is 18.4. The van der Waals surface area contributed by atoms with Crippen LogP contribution in [0.25, 0.3) is 0 Å². The zero-order chi connectivity index (χ0) is 14.8. The molecule has 0 unspecified atom stereocenters. The number of rotatable bonds is 5. The third-order valence-corrected chi connectivity index (χ3v) is 3.60. The zero-order valence-corrected chi connectivity index (χ0v) is 12.3. The molecule has 110 valence electrons. The lowest BCUT2D eigenvalue weighted by Gasteiger charge is -2.12. The largest absolute Gasteiger partial charge is 0.378 e. The molecule has 0 aliphatic heterocycles. The Balaban J connectivity index is 1.87. The summed E-state index contributed by atoms with van der Waals surface area (Å²) in [6.07, 6.45) is 4.03. The van der Waals surface area contributed by atoms with Crippen LogP contribution in [0, 0.1) is 5.82 Å². The summed E-state index contributed by atoms with van der Waals surface area (Å²) in [5.41, 5.74) is 2.21. The summed E-state index contributed by atoms with van der Waals surface area (Å²) in [7, 11) is 1.62. The van der Waals surface area contributed by atoms with E-state index in [0.29, 0.717) is 18.2 Å². The quantitative estimate of drug-likeness (QED) is 0.905. The van der Waals surface area contributed by atoms with E-state index in [4.69, 9.17) is 16.3 Å². The standard InChI is InChI=1S/C15H15ClFN3O/c1-21-8-14-13(7-18-15(20-14)9-2-3-9)19-10-4-5-12(17)11(16)6-10/h4-7,9,19H,2-3,8H2,1H3. The highest BCUT2D eigenvalue weighted by atomic mass is 35.5. The number of anilines is 2. The van der Waals surface area contributed by atoms with Gasteiger partial charge in [0.1, 0.15) is 11.6 Å². The van der Waals surface area contributed by atoms with Gasteiger partial charge in [0.2, 0.25) is 0 Å². The van der Waals surface area contributed by atoms with Crippen molar-refractivity contribution in [3.63, 3.8) is 0 Å². The predicted octanol–water partition coefficient (Wildman–Crippen LogP) is 4.04. The van der Waals surface area contributed by atoms with Crippen LogP contribution in [0.1, 0.15) is 30.3 Å². The Morgan fingerprint density at radius 1 is 1.43 bits per heavy atom. The molecule has 1 aliphatic carbocycles. The van der Waals surface area contributed by atoms with Gasteiger partial charge in [0.15, 0.2) is 0 Å². The maximum absolute atomic E-state index is 13.2. The summed E-state index contributed by atoms with van der Waals surface area (Å²) in [6.45, 7) is 0.388. The van der Waals surface area contributed by atoms with Crippen LogP contribution in [0.4, 0.5) is 15.8 Å². The van der Waals surface area contributed by atoms with Gasteiger partial charge in [-0.2, -0.15) is 0 Å². The van der Waals surface area contributed by atoms with Gasteiger partial charge in [-0.1, -0.05) is 11.6 Å². The van der Waals surface area contributed by atoms with E-state index < -0.39 is 5.82 Å². The molecule has 2 aromatic rings. The Morgan fingerprint density at radius 3 is 2.90 bits per heavy atom. The van der Waals surface area contributed by atoms with Crippen LogP contribution in [-0.2, 0) is 11.3 Å². The van der Waals surface area contributed by atoms with Crippen molar-refractivity contribution in [2.75, 3.05) is 12.4 Å². The molecule has 4 nitrogen and oxygen atoms in total. The average molecular weight is 308 g/mol. The van der Waals surface area contributed by atoms with E-state index >= 15 is 0 Å². The summed E-state index contributed by atoms with van der Waals surface area (Å²) in [5.74, 6) is 0.902. The van der Waals surface area contributed by atoms with E-state index in [-0.39, 0.29) is 5.02 Å². The number of ether oxygens (including phenoxy) is 1. The SMILES string of the molecule is COCc1nc(C2CC2)ncc1Nc1ccc(F)c(Cl)c1. The molecule has 0 saturated heterocycles. The van der Waals surface area contributed by atoms with E-state index in [1.165, 1.54) is 12.1 Å². The van der Waals surface area contributed by atoms with Gasteiger partial charge in [0.25, 0.3) is 0 Å². The lowest BCUT2D eigenvalue weighted by atomic mass is 10.2. The second-order valence-corrected chi connectivity index (χ2v) is 5.46. The molecule has 3 rings (SSSR count). The van der Waals surface area contributed by atoms with Gasteiger partial charge in [-0.3, -0.25) is 0 Å². The average Bonchev–Trinajstić information content (AvgIpc) is 3.30. The van der Waals surface area contributed by atoms with Crippen LogP contribution in [0.3, 0.4) is 0 Å². The first kappa shape index (κ1) is 14.2. The van der Waals surface area contributed by atoms with E-state index in [1.54, 1.807) is 19.4 Å². The number of aromatic nitrogens is 2. The summed E-state index contributed by atoms with van der Waals surface area (Å²) in [5, 5.41) is 3.23. The molecule has 0 radical (unpaired) electrons. The fourth-order valence-corrected chi connectivity index (χ4v) is 2.23. The Bertz CT molecular complexity index is 661. The summed E-state index contributed by atoms with van der Waals surface area (Å²) in [6, 6.07) is 4.47. The number of nitrogens with zero attached hydrogens (tertiary/aromatic N) is 2. The molecule has 0 amide bonds. The molecule has 1 N–H and O–H groups in total. The van der Waals surface area contributed by atoms with Crippen molar-refractivity contribution < 1.29 is 9.13 Å². The van der Waals surface area contributed by atoms with E-state index in [0.717, 1.165) is 30.0 Å². The van der Waals surface area contributed by atoms with Crippen molar-refractivity contribution in [2.45, 2.75) is 25.4 Å². The zero-order valence-electron chi connectivity index (χ0n) is 11.6. The Kier molecular flexibility index (Phi) is 4.03. The fraction of sp³-hybridized carbons (Fsp3) is 0.333. The summed E-state index contributed by atoms with van der Waals surface area (Å²) in [4.78, 5) is 8.94. The second kappa shape index (κ2) is 5.95. The first-order valence-corrected chi connectivity index (χ1v) is 7.12. The van der Waals surface area contributed by atoms with Gasteiger partial charge in [-0.05, 0) is 31.0 Å². The van der Waals surface area contributed by atoms with Gasteiger partial charge in [0.05, 0.1) is 29.2 Å². The third-order valence-electron chi connectivity index (χ3n) is 3.31. The van der Waals surface area contributed by atoms with Crippen molar-refractivity contribution in [3.8, 4) is 0 Å². The number of hydrogen-bond donors (Lipinski definition) is 1. The van der Waals surface area contributed by atoms with Crippen LogP contribution in [0.15, 0.2) is 24.4 Å². The minimum atomic E-state index is -0.445. The maximum atomic E-state index is 13.2. The summed E-state index contributed by atoms with van der Waals surface area (Å²) >= 11 is 5.79. The minimum Gasteiger partial charge on any atom is -0.378 e. The van der Waals surface area contributed by atoms with Gasteiger partial charge < -0.3 is 10.1 Å². The molecule has 21 heavy (non-hydrogen) atoms. The van der Waals surface area contributed by atoms with Crippen molar-refractivity contribution >= 4 is 23.0 Å². The topological polar surface area (TPSA) is 47.0 Å². The lowest BCUT2D eigenvalue weighted by Crippen LogP contribution is -2.05. The molecule has 1 heterocycles. The number of halogens is 2. The minimum absolute atomic E-state index is 0.0730. The molecular formula is C15H15ClFN3O. The molecule has 0 atom stereocenters. The third kappa shape index (κ3) is 3.31. The molecule has 0 bridgehead atoms. The van der Waals surface area contributed by atoms with Gasteiger partial charge >= 0.3 is 0 Å². The Hall–Kier alpha value is -1.72. The molecule has 1 aromatic carbocycles. The van der Waals surface area contributed by atoms with Gasteiger partial charge in [-0.25, -0.2) is 14.4 Å². The maximum Gasteiger partial charge on any atom is 0.141 e. The smallest absolute Gasteiger partial charge is 0.141 e. The molecule has 1 saturated carbocycles. The van der Waals surface area contributed by atoms with Crippen molar-refractivity contribution in [1.29, 1.82) is 0 Å².